The second kappa shape index (κ2) is 8.17. The molecule has 2 aromatic rings. The van der Waals surface area contributed by atoms with Gasteiger partial charge < -0.3 is 14.5 Å². The van der Waals surface area contributed by atoms with Crippen molar-refractivity contribution >= 4 is 5.91 Å². The molecule has 0 bridgehead atoms. The Balaban J connectivity index is 1.80. The Morgan fingerprint density at radius 2 is 1.56 bits per heavy atom. The molecule has 1 unspecified atom stereocenters. The van der Waals surface area contributed by atoms with Gasteiger partial charge in [0.25, 0.3) is 0 Å². The highest BCUT2D eigenvalue weighted by atomic mass is 16.5. The van der Waals surface area contributed by atoms with E-state index < -0.39 is 0 Å². The maximum Gasteiger partial charge on any atom is 0.223 e. The summed E-state index contributed by atoms with van der Waals surface area (Å²) in [5.74, 6) is 1.14. The molecule has 1 aliphatic heterocycles. The van der Waals surface area contributed by atoms with Crippen molar-refractivity contribution in [2.45, 2.75) is 12.3 Å². The summed E-state index contributed by atoms with van der Waals surface area (Å²) < 4.78 is 5.26. The zero-order valence-corrected chi connectivity index (χ0v) is 15.0. The number of carbonyl (C=O) groups excluding carboxylic acids is 1. The quantitative estimate of drug-likeness (QED) is 0.840. The molecule has 0 spiro atoms. The minimum Gasteiger partial charge on any atom is -0.497 e. The molecule has 0 aliphatic carbocycles. The molecule has 0 aromatic heterocycles. The van der Waals surface area contributed by atoms with Crippen LogP contribution in [0.1, 0.15) is 23.5 Å². The van der Waals surface area contributed by atoms with Crippen molar-refractivity contribution in [3.05, 3.63) is 65.7 Å². The van der Waals surface area contributed by atoms with E-state index in [2.05, 4.69) is 36.2 Å². The van der Waals surface area contributed by atoms with Crippen molar-refractivity contribution in [2.24, 2.45) is 0 Å². The predicted octanol–water partition coefficient (Wildman–Crippen LogP) is 2.99. The summed E-state index contributed by atoms with van der Waals surface area (Å²) in [5, 5.41) is 0. The molecule has 1 amide bonds. The van der Waals surface area contributed by atoms with Crippen LogP contribution in [0.25, 0.3) is 0 Å². The lowest BCUT2D eigenvalue weighted by Gasteiger charge is -2.33. The second-order valence-corrected chi connectivity index (χ2v) is 6.62. The summed E-state index contributed by atoms with van der Waals surface area (Å²) in [6.07, 6.45) is 0.500. The highest BCUT2D eigenvalue weighted by Gasteiger charge is 2.24. The molecule has 132 valence electrons. The summed E-state index contributed by atoms with van der Waals surface area (Å²) in [6.45, 7) is 3.54. The zero-order chi connectivity index (χ0) is 17.6. The van der Waals surface area contributed by atoms with E-state index in [0.29, 0.717) is 6.42 Å². The monoisotopic (exact) mass is 338 g/mol. The lowest BCUT2D eigenvalue weighted by molar-refractivity contribution is -0.133. The molecule has 4 nitrogen and oxygen atoms in total. The SMILES string of the molecule is COc1ccc(C(CC(=O)N2CCN(C)CC2)c2ccccc2)cc1. The Morgan fingerprint density at radius 3 is 2.16 bits per heavy atom. The van der Waals surface area contributed by atoms with Gasteiger partial charge in [-0.1, -0.05) is 42.5 Å². The smallest absolute Gasteiger partial charge is 0.223 e. The van der Waals surface area contributed by atoms with Crippen LogP contribution in [0.15, 0.2) is 54.6 Å². The Morgan fingerprint density at radius 1 is 0.960 bits per heavy atom. The van der Waals surface area contributed by atoms with E-state index in [4.69, 9.17) is 4.74 Å². The molecule has 1 saturated heterocycles. The van der Waals surface area contributed by atoms with Crippen LogP contribution in [-0.2, 0) is 4.79 Å². The Hall–Kier alpha value is -2.33. The van der Waals surface area contributed by atoms with E-state index in [1.165, 1.54) is 5.56 Å². The van der Waals surface area contributed by atoms with Crippen LogP contribution in [0.4, 0.5) is 0 Å². The Labute approximate surface area is 150 Å². The van der Waals surface area contributed by atoms with E-state index in [-0.39, 0.29) is 11.8 Å². The van der Waals surface area contributed by atoms with Crippen molar-refractivity contribution in [1.29, 1.82) is 0 Å². The lowest BCUT2D eigenvalue weighted by atomic mass is 9.88. The zero-order valence-electron chi connectivity index (χ0n) is 15.0. The maximum atomic E-state index is 12.9. The third-order valence-electron chi connectivity index (χ3n) is 4.95. The molecule has 25 heavy (non-hydrogen) atoms. The van der Waals surface area contributed by atoms with Crippen molar-refractivity contribution in [2.75, 3.05) is 40.3 Å². The number of hydrogen-bond acceptors (Lipinski definition) is 3. The number of piperazine rings is 1. The van der Waals surface area contributed by atoms with Gasteiger partial charge in [-0.3, -0.25) is 4.79 Å². The number of methoxy groups -OCH3 is 1. The number of ether oxygens (including phenoxy) is 1. The summed E-state index contributed by atoms with van der Waals surface area (Å²) in [4.78, 5) is 17.1. The van der Waals surface area contributed by atoms with Gasteiger partial charge in [0.1, 0.15) is 5.75 Å². The minimum atomic E-state index is 0.0688. The van der Waals surface area contributed by atoms with Crippen molar-refractivity contribution in [3.8, 4) is 5.75 Å². The van der Waals surface area contributed by atoms with E-state index in [9.17, 15) is 4.79 Å². The number of amides is 1. The normalized spacial score (nSPS) is 16.5. The first-order valence-electron chi connectivity index (χ1n) is 8.82. The molecule has 0 radical (unpaired) electrons. The van der Waals surface area contributed by atoms with Crippen molar-refractivity contribution in [1.82, 2.24) is 9.80 Å². The summed E-state index contributed by atoms with van der Waals surface area (Å²) in [5.41, 5.74) is 2.32. The van der Waals surface area contributed by atoms with Crippen LogP contribution >= 0.6 is 0 Å². The molecular formula is C21H26N2O2. The Bertz CT molecular complexity index is 677. The maximum absolute atomic E-state index is 12.9. The van der Waals surface area contributed by atoms with Gasteiger partial charge in [-0.25, -0.2) is 0 Å². The number of rotatable bonds is 5. The van der Waals surface area contributed by atoms with Crippen LogP contribution in [0, 0.1) is 0 Å². The molecule has 1 heterocycles. The van der Waals surface area contributed by atoms with Crippen LogP contribution in [0.5, 0.6) is 5.75 Å². The highest BCUT2D eigenvalue weighted by molar-refractivity contribution is 5.78. The topological polar surface area (TPSA) is 32.8 Å². The largest absolute Gasteiger partial charge is 0.497 e. The molecular weight excluding hydrogens is 312 g/mol. The van der Waals surface area contributed by atoms with Crippen LogP contribution in [0.2, 0.25) is 0 Å². The average Bonchev–Trinajstić information content (AvgIpc) is 2.67. The first-order chi connectivity index (χ1) is 12.2. The fourth-order valence-corrected chi connectivity index (χ4v) is 3.31. The van der Waals surface area contributed by atoms with Crippen molar-refractivity contribution < 1.29 is 9.53 Å². The summed E-state index contributed by atoms with van der Waals surface area (Å²) >= 11 is 0. The van der Waals surface area contributed by atoms with Gasteiger partial charge in [0.05, 0.1) is 7.11 Å². The number of nitrogens with zero attached hydrogens (tertiary/aromatic N) is 2. The van der Waals surface area contributed by atoms with Gasteiger partial charge >= 0.3 is 0 Å². The molecule has 4 heteroatoms. The van der Waals surface area contributed by atoms with Gasteiger partial charge in [0, 0.05) is 38.5 Å². The van der Waals surface area contributed by atoms with Gasteiger partial charge in [0.15, 0.2) is 0 Å². The third kappa shape index (κ3) is 4.40. The predicted molar refractivity (Wildman–Crippen MR) is 100.0 cm³/mol. The average molecular weight is 338 g/mol. The fraction of sp³-hybridized carbons (Fsp3) is 0.381. The van der Waals surface area contributed by atoms with E-state index in [0.717, 1.165) is 37.5 Å². The van der Waals surface area contributed by atoms with Crippen molar-refractivity contribution in [3.63, 3.8) is 0 Å². The first-order valence-corrected chi connectivity index (χ1v) is 8.82. The Kier molecular flexibility index (Phi) is 5.71. The summed E-state index contributed by atoms with van der Waals surface area (Å²) in [7, 11) is 3.77. The standard InChI is InChI=1S/C21H26N2O2/c1-22-12-14-23(15-13-22)21(24)16-20(17-6-4-3-5-7-17)18-8-10-19(25-2)11-9-18/h3-11,20H,12-16H2,1-2H3. The van der Waals surface area contributed by atoms with Gasteiger partial charge in [-0.15, -0.1) is 0 Å². The van der Waals surface area contributed by atoms with Gasteiger partial charge in [-0.2, -0.15) is 0 Å². The van der Waals surface area contributed by atoms with Gasteiger partial charge in [0.2, 0.25) is 5.91 Å². The number of likely N-dealkylation sites (N-methyl/N-ethyl adjacent to an activating group) is 1. The number of benzene rings is 2. The lowest BCUT2D eigenvalue weighted by Crippen LogP contribution is -2.47. The third-order valence-corrected chi connectivity index (χ3v) is 4.95. The van der Waals surface area contributed by atoms with E-state index in [1.807, 2.05) is 35.2 Å². The fourth-order valence-electron chi connectivity index (χ4n) is 3.31. The molecule has 2 aromatic carbocycles. The van der Waals surface area contributed by atoms with Crippen LogP contribution in [-0.4, -0.2) is 56.0 Å². The molecule has 3 rings (SSSR count). The molecule has 1 atom stereocenters. The second-order valence-electron chi connectivity index (χ2n) is 6.62. The molecule has 1 fully saturated rings. The van der Waals surface area contributed by atoms with E-state index in [1.54, 1.807) is 7.11 Å². The molecule has 0 N–H and O–H groups in total. The van der Waals surface area contributed by atoms with Gasteiger partial charge in [-0.05, 0) is 30.3 Å². The number of hydrogen-bond donors (Lipinski definition) is 0. The number of carbonyl (C=O) groups is 1. The van der Waals surface area contributed by atoms with E-state index >= 15 is 0 Å². The summed E-state index contributed by atoms with van der Waals surface area (Å²) in [6, 6.07) is 18.3. The molecule has 1 aliphatic rings. The van der Waals surface area contributed by atoms with Crippen LogP contribution < -0.4 is 4.74 Å². The van der Waals surface area contributed by atoms with Crippen LogP contribution in [0.3, 0.4) is 0 Å². The first kappa shape index (κ1) is 17.5. The molecule has 0 saturated carbocycles. The minimum absolute atomic E-state index is 0.0688. The highest BCUT2D eigenvalue weighted by Crippen LogP contribution is 2.30.